The zero-order valence-electron chi connectivity index (χ0n) is 18.5. The van der Waals surface area contributed by atoms with Crippen molar-refractivity contribution in [3.63, 3.8) is 0 Å². The van der Waals surface area contributed by atoms with Gasteiger partial charge < -0.3 is 19.5 Å². The average molecular weight is 395 g/mol. The summed E-state index contributed by atoms with van der Waals surface area (Å²) in [6.07, 6.45) is 5.74. The van der Waals surface area contributed by atoms with Gasteiger partial charge in [0, 0.05) is 12.6 Å². The predicted octanol–water partition coefficient (Wildman–Crippen LogP) is 4.01. The average Bonchev–Trinajstić information content (AvgIpc) is 2.70. The highest BCUT2D eigenvalue weighted by atomic mass is 16.5. The van der Waals surface area contributed by atoms with Crippen molar-refractivity contribution in [2.75, 3.05) is 34.4 Å². The van der Waals surface area contributed by atoms with Crippen LogP contribution in [0, 0.1) is 0 Å². The van der Waals surface area contributed by atoms with E-state index in [0.29, 0.717) is 36.4 Å². The molecule has 6 nitrogen and oxygen atoms in total. The van der Waals surface area contributed by atoms with Crippen LogP contribution in [0.15, 0.2) is 12.1 Å². The van der Waals surface area contributed by atoms with E-state index in [1.807, 2.05) is 12.1 Å². The molecule has 1 atom stereocenters. The molecule has 0 heterocycles. The van der Waals surface area contributed by atoms with Crippen LogP contribution in [0.2, 0.25) is 0 Å². The molecule has 0 spiro atoms. The summed E-state index contributed by atoms with van der Waals surface area (Å²) in [6.45, 7) is 8.40. The third-order valence-corrected chi connectivity index (χ3v) is 4.94. The van der Waals surface area contributed by atoms with Crippen molar-refractivity contribution < 1.29 is 19.0 Å². The first-order valence-electron chi connectivity index (χ1n) is 10.3. The molecule has 0 saturated heterocycles. The lowest BCUT2D eigenvalue weighted by Gasteiger charge is -2.28. The highest BCUT2D eigenvalue weighted by Gasteiger charge is 2.17. The summed E-state index contributed by atoms with van der Waals surface area (Å²) in [7, 11) is 4.75. The van der Waals surface area contributed by atoms with Crippen molar-refractivity contribution in [3.05, 3.63) is 17.7 Å². The van der Waals surface area contributed by atoms with Crippen LogP contribution >= 0.6 is 0 Å². The normalized spacial score (nSPS) is 12.0. The first kappa shape index (κ1) is 24.1. The van der Waals surface area contributed by atoms with E-state index >= 15 is 0 Å². The van der Waals surface area contributed by atoms with E-state index in [1.165, 1.54) is 12.8 Å². The molecular weight excluding hydrogens is 356 g/mol. The molecule has 1 aromatic carbocycles. The maximum absolute atomic E-state index is 12.6. The number of amides is 1. The van der Waals surface area contributed by atoms with E-state index in [-0.39, 0.29) is 5.91 Å². The second-order valence-corrected chi connectivity index (χ2v) is 7.13. The van der Waals surface area contributed by atoms with Gasteiger partial charge in [-0.15, -0.1) is 0 Å². The Morgan fingerprint density at radius 1 is 1.04 bits per heavy atom. The maximum atomic E-state index is 12.6. The standard InChI is InChI=1S/C22H38N2O4/c1-7-9-10-12-24(17(3)11-8-2)16-21(25)23-15-18-13-19(26-4)22(28-6)20(14-18)27-5/h13-14,17H,7-12,15-16H2,1-6H3,(H,23,25). The van der Waals surface area contributed by atoms with Gasteiger partial charge in [0.1, 0.15) is 0 Å². The number of methoxy groups -OCH3 is 3. The van der Waals surface area contributed by atoms with E-state index in [4.69, 9.17) is 14.2 Å². The number of nitrogens with zero attached hydrogens (tertiary/aromatic N) is 1. The summed E-state index contributed by atoms with van der Waals surface area (Å²) >= 11 is 0. The van der Waals surface area contributed by atoms with Crippen molar-refractivity contribution in [2.24, 2.45) is 0 Å². The van der Waals surface area contributed by atoms with E-state index in [9.17, 15) is 4.79 Å². The Bertz CT molecular complexity index is 567. The van der Waals surface area contributed by atoms with Crippen molar-refractivity contribution in [3.8, 4) is 17.2 Å². The summed E-state index contributed by atoms with van der Waals surface area (Å²) in [5.41, 5.74) is 0.905. The molecule has 160 valence electrons. The van der Waals surface area contributed by atoms with Gasteiger partial charge in [0.2, 0.25) is 11.7 Å². The number of nitrogens with one attached hydrogen (secondary N) is 1. The van der Waals surface area contributed by atoms with E-state index in [1.54, 1.807) is 21.3 Å². The number of unbranched alkanes of at least 4 members (excludes halogenated alkanes) is 2. The minimum absolute atomic E-state index is 0.0354. The number of ether oxygens (including phenoxy) is 3. The maximum Gasteiger partial charge on any atom is 0.234 e. The minimum atomic E-state index is 0.0354. The Hall–Kier alpha value is -1.95. The summed E-state index contributed by atoms with van der Waals surface area (Å²) in [5, 5.41) is 3.02. The summed E-state index contributed by atoms with van der Waals surface area (Å²) in [5.74, 6) is 1.76. The van der Waals surface area contributed by atoms with E-state index in [2.05, 4.69) is 31.0 Å². The molecule has 0 saturated carbocycles. The van der Waals surface area contributed by atoms with E-state index < -0.39 is 0 Å². The fourth-order valence-electron chi connectivity index (χ4n) is 3.30. The zero-order valence-corrected chi connectivity index (χ0v) is 18.5. The molecule has 0 radical (unpaired) electrons. The molecule has 0 aliphatic heterocycles. The number of benzene rings is 1. The number of carbonyl (C=O) groups excluding carboxylic acids is 1. The zero-order chi connectivity index (χ0) is 20.9. The molecule has 1 amide bonds. The number of hydrogen-bond acceptors (Lipinski definition) is 5. The first-order chi connectivity index (χ1) is 13.5. The third-order valence-electron chi connectivity index (χ3n) is 4.94. The van der Waals surface area contributed by atoms with Gasteiger partial charge >= 0.3 is 0 Å². The Balaban J connectivity index is 2.72. The Morgan fingerprint density at radius 2 is 1.68 bits per heavy atom. The second-order valence-electron chi connectivity index (χ2n) is 7.13. The van der Waals surface area contributed by atoms with Crippen molar-refractivity contribution >= 4 is 5.91 Å². The molecule has 1 unspecified atom stereocenters. The van der Waals surface area contributed by atoms with Crippen LogP contribution in [0.4, 0.5) is 0 Å². The van der Waals surface area contributed by atoms with Crippen LogP contribution in [0.3, 0.4) is 0 Å². The largest absolute Gasteiger partial charge is 0.493 e. The molecule has 0 bridgehead atoms. The molecule has 0 aliphatic rings. The van der Waals surface area contributed by atoms with Crippen LogP contribution < -0.4 is 19.5 Å². The summed E-state index contributed by atoms with van der Waals surface area (Å²) < 4.78 is 16.1. The Morgan fingerprint density at radius 3 is 2.18 bits per heavy atom. The highest BCUT2D eigenvalue weighted by molar-refractivity contribution is 5.78. The topological polar surface area (TPSA) is 60.0 Å². The molecule has 1 rings (SSSR count). The smallest absolute Gasteiger partial charge is 0.234 e. The van der Waals surface area contributed by atoms with Gasteiger partial charge in [-0.05, 0) is 44.0 Å². The second kappa shape index (κ2) is 13.3. The fraction of sp³-hybridized carbons (Fsp3) is 0.682. The molecule has 1 N–H and O–H groups in total. The lowest BCUT2D eigenvalue weighted by molar-refractivity contribution is -0.123. The van der Waals surface area contributed by atoms with E-state index in [0.717, 1.165) is 31.4 Å². The van der Waals surface area contributed by atoms with Gasteiger partial charge in [-0.3, -0.25) is 9.69 Å². The lowest BCUT2D eigenvalue weighted by atomic mass is 10.1. The van der Waals surface area contributed by atoms with Crippen LogP contribution in [0.5, 0.6) is 17.2 Å². The molecule has 0 aliphatic carbocycles. The monoisotopic (exact) mass is 394 g/mol. The predicted molar refractivity (Wildman–Crippen MR) is 113 cm³/mol. The first-order valence-corrected chi connectivity index (χ1v) is 10.3. The van der Waals surface area contributed by atoms with Crippen molar-refractivity contribution in [1.82, 2.24) is 10.2 Å². The third kappa shape index (κ3) is 7.58. The van der Waals surface area contributed by atoms with Gasteiger partial charge in [0.05, 0.1) is 27.9 Å². The van der Waals surface area contributed by atoms with Crippen molar-refractivity contribution in [1.29, 1.82) is 0 Å². The number of carbonyl (C=O) groups is 1. The van der Waals surface area contributed by atoms with Crippen LogP contribution in [0.1, 0.15) is 58.4 Å². The molecule has 0 aromatic heterocycles. The molecule has 6 heteroatoms. The highest BCUT2D eigenvalue weighted by Crippen LogP contribution is 2.38. The van der Waals surface area contributed by atoms with Crippen LogP contribution in [-0.2, 0) is 11.3 Å². The van der Waals surface area contributed by atoms with Gasteiger partial charge in [-0.1, -0.05) is 33.1 Å². The number of rotatable bonds is 14. The fourth-order valence-corrected chi connectivity index (χ4v) is 3.30. The van der Waals surface area contributed by atoms with Gasteiger partial charge in [-0.25, -0.2) is 0 Å². The molecule has 28 heavy (non-hydrogen) atoms. The van der Waals surface area contributed by atoms with Gasteiger partial charge in [0.25, 0.3) is 0 Å². The Kier molecular flexibility index (Phi) is 11.4. The quantitative estimate of drug-likeness (QED) is 0.483. The minimum Gasteiger partial charge on any atom is -0.493 e. The summed E-state index contributed by atoms with van der Waals surface area (Å²) in [6, 6.07) is 4.13. The van der Waals surface area contributed by atoms with Crippen molar-refractivity contribution in [2.45, 2.75) is 65.5 Å². The molecule has 0 fully saturated rings. The molecule has 1 aromatic rings. The van der Waals surface area contributed by atoms with Crippen LogP contribution in [-0.4, -0.2) is 51.3 Å². The lowest BCUT2D eigenvalue weighted by Crippen LogP contribution is -2.42. The number of hydrogen-bond donors (Lipinski definition) is 1. The summed E-state index contributed by atoms with van der Waals surface area (Å²) in [4.78, 5) is 14.9. The Labute approximate surface area is 170 Å². The van der Waals surface area contributed by atoms with Gasteiger partial charge in [0.15, 0.2) is 11.5 Å². The SMILES string of the molecule is CCCCCN(CC(=O)NCc1cc(OC)c(OC)c(OC)c1)C(C)CCC. The van der Waals surface area contributed by atoms with Gasteiger partial charge in [-0.2, -0.15) is 0 Å². The molecular formula is C22H38N2O4. The van der Waals surface area contributed by atoms with Crippen LogP contribution in [0.25, 0.3) is 0 Å².